The van der Waals surface area contributed by atoms with E-state index in [9.17, 15) is 14.4 Å². The van der Waals surface area contributed by atoms with Gasteiger partial charge in [0.1, 0.15) is 5.78 Å². The second-order valence-corrected chi connectivity index (χ2v) is 8.53. The predicted octanol–water partition coefficient (Wildman–Crippen LogP) is 3.59. The lowest BCUT2D eigenvalue weighted by Gasteiger charge is -2.26. The highest BCUT2D eigenvalue weighted by atomic mass is 16.5. The zero-order valence-electron chi connectivity index (χ0n) is 20.9. The molecule has 196 valence electrons. The third kappa shape index (κ3) is 9.81. The summed E-state index contributed by atoms with van der Waals surface area (Å²) < 4.78 is 15.9. The highest BCUT2D eigenvalue weighted by molar-refractivity contribution is 5.97. The van der Waals surface area contributed by atoms with Crippen LogP contribution in [-0.4, -0.2) is 62.4 Å². The molecule has 0 aromatic heterocycles. The fourth-order valence-corrected chi connectivity index (χ4v) is 3.79. The molecular formula is C29H33NO7. The van der Waals surface area contributed by atoms with Gasteiger partial charge in [-0.05, 0) is 30.2 Å². The minimum absolute atomic E-state index is 0.0219. The number of benzene rings is 2. The van der Waals surface area contributed by atoms with Crippen LogP contribution in [0.5, 0.6) is 0 Å². The molecule has 2 aromatic carbocycles. The Morgan fingerprint density at radius 3 is 2.11 bits per heavy atom. The predicted molar refractivity (Wildman–Crippen MR) is 138 cm³/mol. The minimum Gasteiger partial charge on any atom is -0.481 e. The summed E-state index contributed by atoms with van der Waals surface area (Å²) in [7, 11) is 0. The maximum Gasteiger partial charge on any atom is 0.305 e. The van der Waals surface area contributed by atoms with Crippen molar-refractivity contribution < 1.29 is 33.7 Å². The molecule has 0 atom stereocenters. The molecule has 0 bridgehead atoms. The molecule has 0 spiro atoms. The van der Waals surface area contributed by atoms with Crippen molar-refractivity contribution in [2.24, 2.45) is 0 Å². The summed E-state index contributed by atoms with van der Waals surface area (Å²) in [5.74, 6) is 5.43. The fourth-order valence-electron chi connectivity index (χ4n) is 3.79. The Morgan fingerprint density at radius 2 is 1.35 bits per heavy atom. The molecule has 1 aliphatic heterocycles. The number of anilines is 1. The summed E-state index contributed by atoms with van der Waals surface area (Å²) in [6.45, 7) is 2.53. The summed E-state index contributed by atoms with van der Waals surface area (Å²) in [6, 6.07) is 15.4. The topological polar surface area (TPSA) is 102 Å². The molecule has 2 aromatic rings. The van der Waals surface area contributed by atoms with Crippen LogP contribution in [0.2, 0.25) is 0 Å². The van der Waals surface area contributed by atoms with E-state index in [2.05, 4.69) is 11.8 Å². The van der Waals surface area contributed by atoms with E-state index in [0.717, 1.165) is 22.4 Å². The third-order valence-corrected chi connectivity index (χ3v) is 5.74. The van der Waals surface area contributed by atoms with Crippen molar-refractivity contribution in [2.75, 3.05) is 44.5 Å². The molecule has 1 aliphatic rings. The van der Waals surface area contributed by atoms with E-state index in [1.807, 2.05) is 48.5 Å². The SMILES string of the molecule is O=C(O)CCOCCOCCOCCCC(=O)CCC(=O)N1Cc2ccccc2C#Cc2ccccc21. The first-order valence-corrected chi connectivity index (χ1v) is 12.5. The van der Waals surface area contributed by atoms with E-state index in [1.54, 1.807) is 4.90 Å². The highest BCUT2D eigenvalue weighted by Gasteiger charge is 2.21. The second kappa shape index (κ2) is 15.6. The first-order chi connectivity index (χ1) is 18.0. The molecule has 0 unspecified atom stereocenters. The number of amides is 1. The van der Waals surface area contributed by atoms with E-state index >= 15 is 0 Å². The van der Waals surface area contributed by atoms with Gasteiger partial charge in [0.05, 0.1) is 51.7 Å². The smallest absolute Gasteiger partial charge is 0.305 e. The number of carboxylic acid groups (broad SMARTS) is 1. The Kier molecular flexibility index (Phi) is 11.8. The number of Topliss-reactive ketones (excluding diaryl/α,β-unsaturated/α-hetero) is 1. The summed E-state index contributed by atoms with van der Waals surface area (Å²) in [6.07, 6.45) is 1.25. The minimum atomic E-state index is -0.889. The molecule has 1 N–H and O–H groups in total. The van der Waals surface area contributed by atoms with Crippen molar-refractivity contribution in [1.29, 1.82) is 0 Å². The van der Waals surface area contributed by atoms with Gasteiger partial charge in [0.2, 0.25) is 5.91 Å². The van der Waals surface area contributed by atoms with Crippen molar-refractivity contribution in [3.05, 3.63) is 65.2 Å². The molecule has 8 nitrogen and oxygen atoms in total. The Balaban J connectivity index is 1.34. The van der Waals surface area contributed by atoms with Gasteiger partial charge >= 0.3 is 5.97 Å². The van der Waals surface area contributed by atoms with Crippen molar-refractivity contribution >= 4 is 23.3 Å². The number of ketones is 1. The van der Waals surface area contributed by atoms with Crippen LogP contribution < -0.4 is 4.90 Å². The molecule has 8 heteroatoms. The first kappa shape index (κ1) is 28.1. The Labute approximate surface area is 217 Å². The Morgan fingerprint density at radius 1 is 0.730 bits per heavy atom. The van der Waals surface area contributed by atoms with E-state index in [1.165, 1.54) is 0 Å². The number of rotatable bonds is 16. The van der Waals surface area contributed by atoms with Gasteiger partial charge in [-0.25, -0.2) is 0 Å². The van der Waals surface area contributed by atoms with Crippen LogP contribution in [0.4, 0.5) is 5.69 Å². The van der Waals surface area contributed by atoms with E-state index in [-0.39, 0.29) is 37.6 Å². The van der Waals surface area contributed by atoms with E-state index in [0.29, 0.717) is 52.4 Å². The van der Waals surface area contributed by atoms with Gasteiger partial charge < -0.3 is 24.2 Å². The summed E-state index contributed by atoms with van der Waals surface area (Å²) >= 11 is 0. The monoisotopic (exact) mass is 507 g/mol. The molecule has 0 saturated heterocycles. The van der Waals surface area contributed by atoms with Crippen LogP contribution in [0.25, 0.3) is 0 Å². The van der Waals surface area contributed by atoms with Crippen LogP contribution in [0.1, 0.15) is 48.8 Å². The average Bonchev–Trinajstić information content (AvgIpc) is 2.89. The van der Waals surface area contributed by atoms with Gasteiger partial charge in [0.25, 0.3) is 0 Å². The van der Waals surface area contributed by atoms with Crippen LogP contribution >= 0.6 is 0 Å². The maximum absolute atomic E-state index is 13.2. The van der Waals surface area contributed by atoms with Crippen LogP contribution in [-0.2, 0) is 35.1 Å². The molecule has 1 amide bonds. The summed E-state index contributed by atoms with van der Waals surface area (Å²) in [5.41, 5.74) is 3.45. The average molecular weight is 508 g/mol. The van der Waals surface area contributed by atoms with Gasteiger partial charge in [-0.2, -0.15) is 0 Å². The first-order valence-electron chi connectivity index (χ1n) is 12.5. The second-order valence-electron chi connectivity index (χ2n) is 8.53. The number of hydrogen-bond acceptors (Lipinski definition) is 6. The lowest BCUT2D eigenvalue weighted by Crippen LogP contribution is -2.32. The molecule has 0 saturated carbocycles. The lowest BCUT2D eigenvalue weighted by molar-refractivity contribution is -0.138. The summed E-state index contributed by atoms with van der Waals surface area (Å²) in [4.78, 5) is 37.7. The van der Waals surface area contributed by atoms with Crippen molar-refractivity contribution in [3.63, 3.8) is 0 Å². The van der Waals surface area contributed by atoms with Crippen molar-refractivity contribution in [2.45, 2.75) is 38.6 Å². The molecule has 3 rings (SSSR count). The maximum atomic E-state index is 13.2. The normalized spacial score (nSPS) is 11.9. The lowest BCUT2D eigenvalue weighted by atomic mass is 10.0. The molecule has 0 radical (unpaired) electrons. The molecular weight excluding hydrogens is 474 g/mol. The fraction of sp³-hybridized carbons (Fsp3) is 0.414. The number of aliphatic carboxylic acids is 1. The standard InChI is InChI=1S/C29H33NO7/c31-26(9-5-16-35-18-20-37-21-19-36-17-15-29(33)34)13-14-28(32)30-22-25-8-2-1-6-23(25)11-12-24-7-3-4-10-27(24)30/h1-4,6-8,10H,5,9,13-22H2,(H,33,34). The van der Waals surface area contributed by atoms with Gasteiger partial charge in [-0.3, -0.25) is 14.4 Å². The molecule has 0 fully saturated rings. The number of nitrogens with zero attached hydrogens (tertiary/aromatic N) is 1. The number of para-hydroxylation sites is 1. The zero-order chi connectivity index (χ0) is 26.3. The number of carbonyl (C=O) groups excluding carboxylic acids is 2. The highest BCUT2D eigenvalue weighted by Crippen LogP contribution is 2.26. The quantitative estimate of drug-likeness (QED) is 0.274. The van der Waals surface area contributed by atoms with Gasteiger partial charge in [-0.15, -0.1) is 0 Å². The van der Waals surface area contributed by atoms with Crippen LogP contribution in [0.15, 0.2) is 48.5 Å². The third-order valence-electron chi connectivity index (χ3n) is 5.74. The van der Waals surface area contributed by atoms with E-state index < -0.39 is 5.97 Å². The number of ether oxygens (including phenoxy) is 3. The van der Waals surface area contributed by atoms with Gasteiger partial charge in [0.15, 0.2) is 0 Å². The zero-order valence-corrected chi connectivity index (χ0v) is 20.9. The van der Waals surface area contributed by atoms with E-state index in [4.69, 9.17) is 19.3 Å². The largest absolute Gasteiger partial charge is 0.481 e. The number of hydrogen-bond donors (Lipinski definition) is 1. The molecule has 1 heterocycles. The molecule has 0 aliphatic carbocycles. The Bertz CT molecular complexity index is 1120. The Hall–Kier alpha value is -3.51. The van der Waals surface area contributed by atoms with Gasteiger partial charge in [-0.1, -0.05) is 42.2 Å². The number of carboxylic acids is 1. The molecule has 37 heavy (non-hydrogen) atoms. The summed E-state index contributed by atoms with van der Waals surface area (Å²) in [5, 5.41) is 8.51. The number of fused-ring (bicyclic) bond motifs is 2. The van der Waals surface area contributed by atoms with Gasteiger partial charge in [0, 0.05) is 37.0 Å². The number of carbonyl (C=O) groups is 3. The van der Waals surface area contributed by atoms with Crippen LogP contribution in [0.3, 0.4) is 0 Å². The van der Waals surface area contributed by atoms with Crippen molar-refractivity contribution in [1.82, 2.24) is 0 Å². The van der Waals surface area contributed by atoms with Crippen molar-refractivity contribution in [3.8, 4) is 11.8 Å². The van der Waals surface area contributed by atoms with Crippen LogP contribution in [0, 0.1) is 11.8 Å².